The first kappa shape index (κ1) is 19.8. The van der Waals surface area contributed by atoms with E-state index in [4.69, 9.17) is 17.0 Å². The van der Waals surface area contributed by atoms with Crippen LogP contribution in [-0.2, 0) is 13.1 Å². The predicted molar refractivity (Wildman–Crippen MR) is 118 cm³/mol. The van der Waals surface area contributed by atoms with Gasteiger partial charge in [-0.15, -0.1) is 0 Å². The van der Waals surface area contributed by atoms with Gasteiger partial charge >= 0.3 is 0 Å². The fourth-order valence-electron chi connectivity index (χ4n) is 2.83. The number of aromatic nitrogens is 1. The molecule has 0 aliphatic carbocycles. The van der Waals surface area contributed by atoms with Crippen molar-refractivity contribution in [2.45, 2.75) is 26.9 Å². The maximum Gasteiger partial charge on any atom is 0.174 e. The van der Waals surface area contributed by atoms with Crippen molar-refractivity contribution in [3.63, 3.8) is 0 Å². The first-order valence-electron chi connectivity index (χ1n) is 9.37. The maximum absolute atomic E-state index is 5.73. The summed E-state index contributed by atoms with van der Waals surface area (Å²) in [5.74, 6) is 0.853. The molecule has 0 aliphatic rings. The molecule has 4 nitrogen and oxygen atoms in total. The molecule has 0 aliphatic heterocycles. The van der Waals surface area contributed by atoms with E-state index in [-0.39, 0.29) is 0 Å². The van der Waals surface area contributed by atoms with Gasteiger partial charge in [-0.3, -0.25) is 4.98 Å². The summed E-state index contributed by atoms with van der Waals surface area (Å²) in [5, 5.41) is 4.02. The van der Waals surface area contributed by atoms with Gasteiger partial charge in [-0.1, -0.05) is 35.9 Å². The molecular weight excluding hydrogens is 366 g/mol. The minimum absolute atomic E-state index is 0.653. The molecule has 0 fully saturated rings. The summed E-state index contributed by atoms with van der Waals surface area (Å²) >= 11 is 5.73. The second-order valence-corrected chi connectivity index (χ2v) is 6.98. The number of nitrogens with zero attached hydrogens (tertiary/aromatic N) is 2. The van der Waals surface area contributed by atoms with E-state index < -0.39 is 0 Å². The number of thiocarbonyl (C=S) groups is 1. The van der Waals surface area contributed by atoms with Gasteiger partial charge in [-0.05, 0) is 67.5 Å². The Bertz CT molecular complexity index is 880. The molecule has 1 aromatic heterocycles. The largest absolute Gasteiger partial charge is 0.494 e. The van der Waals surface area contributed by atoms with Gasteiger partial charge in [0.15, 0.2) is 5.11 Å². The van der Waals surface area contributed by atoms with Crippen molar-refractivity contribution >= 4 is 23.0 Å². The van der Waals surface area contributed by atoms with E-state index in [1.54, 1.807) is 6.20 Å². The van der Waals surface area contributed by atoms with E-state index in [1.165, 1.54) is 11.1 Å². The van der Waals surface area contributed by atoms with Gasteiger partial charge in [0, 0.05) is 31.2 Å². The molecule has 0 unspecified atom stereocenters. The van der Waals surface area contributed by atoms with Crippen LogP contribution in [0.4, 0.5) is 5.69 Å². The maximum atomic E-state index is 5.73. The van der Waals surface area contributed by atoms with Crippen LogP contribution in [0.5, 0.6) is 5.75 Å². The first-order valence-corrected chi connectivity index (χ1v) is 9.78. The first-order chi connectivity index (χ1) is 13.6. The van der Waals surface area contributed by atoms with E-state index in [2.05, 4.69) is 52.5 Å². The van der Waals surface area contributed by atoms with E-state index >= 15 is 0 Å². The van der Waals surface area contributed by atoms with Crippen molar-refractivity contribution in [2.24, 2.45) is 0 Å². The third-order valence-electron chi connectivity index (χ3n) is 4.29. The molecule has 144 valence electrons. The van der Waals surface area contributed by atoms with Crippen LogP contribution in [0.15, 0.2) is 73.1 Å². The number of hydrogen-bond acceptors (Lipinski definition) is 3. The molecule has 28 heavy (non-hydrogen) atoms. The normalized spacial score (nSPS) is 10.4. The Morgan fingerprint density at radius 3 is 2.36 bits per heavy atom. The zero-order chi connectivity index (χ0) is 19.8. The quantitative estimate of drug-likeness (QED) is 0.561. The zero-order valence-electron chi connectivity index (χ0n) is 16.3. The smallest absolute Gasteiger partial charge is 0.174 e. The number of nitrogens with one attached hydrogen (secondary N) is 1. The number of aryl methyl sites for hydroxylation is 1. The SMILES string of the molecule is CCOc1ccc(NC(=S)N(Cc2ccc(C)cc2)Cc2cccnc2)cc1. The van der Waals surface area contributed by atoms with Crippen molar-refractivity contribution < 1.29 is 4.74 Å². The summed E-state index contributed by atoms with van der Waals surface area (Å²) in [6.07, 6.45) is 3.66. The van der Waals surface area contributed by atoms with Crippen molar-refractivity contribution in [1.29, 1.82) is 0 Å². The van der Waals surface area contributed by atoms with Gasteiger partial charge in [0.05, 0.1) is 6.61 Å². The highest BCUT2D eigenvalue weighted by Gasteiger charge is 2.12. The Morgan fingerprint density at radius 2 is 1.71 bits per heavy atom. The van der Waals surface area contributed by atoms with Gasteiger partial charge in [0.1, 0.15) is 5.75 Å². The number of hydrogen-bond donors (Lipinski definition) is 1. The van der Waals surface area contributed by atoms with E-state index in [1.807, 2.05) is 43.5 Å². The minimum atomic E-state index is 0.653. The number of rotatable bonds is 7. The van der Waals surface area contributed by atoms with Crippen molar-refractivity contribution in [1.82, 2.24) is 9.88 Å². The van der Waals surface area contributed by atoms with Gasteiger partial charge < -0.3 is 15.0 Å². The molecule has 2 aromatic carbocycles. The number of pyridine rings is 1. The van der Waals surface area contributed by atoms with Crippen molar-refractivity contribution in [3.8, 4) is 5.75 Å². The molecule has 0 atom stereocenters. The van der Waals surface area contributed by atoms with Crippen LogP contribution in [0.1, 0.15) is 23.6 Å². The van der Waals surface area contributed by atoms with Gasteiger partial charge in [0.25, 0.3) is 0 Å². The Labute approximate surface area is 172 Å². The standard InChI is InChI=1S/C23H25N3OS/c1-3-27-22-12-10-21(11-13-22)25-23(28)26(17-20-5-4-14-24-15-20)16-19-8-6-18(2)7-9-19/h4-15H,3,16-17H2,1-2H3,(H,25,28). The molecule has 0 saturated heterocycles. The van der Waals surface area contributed by atoms with Crippen LogP contribution in [0.25, 0.3) is 0 Å². The fourth-order valence-corrected chi connectivity index (χ4v) is 3.08. The average molecular weight is 392 g/mol. The van der Waals surface area contributed by atoms with Crippen LogP contribution >= 0.6 is 12.2 Å². The van der Waals surface area contributed by atoms with Crippen molar-refractivity contribution in [2.75, 3.05) is 11.9 Å². The van der Waals surface area contributed by atoms with Crippen LogP contribution in [0.2, 0.25) is 0 Å². The molecule has 0 amide bonds. The third-order valence-corrected chi connectivity index (χ3v) is 4.65. The highest BCUT2D eigenvalue weighted by molar-refractivity contribution is 7.80. The summed E-state index contributed by atoms with van der Waals surface area (Å²) in [5.41, 5.74) is 4.52. The van der Waals surface area contributed by atoms with E-state index in [9.17, 15) is 0 Å². The van der Waals surface area contributed by atoms with E-state index in [0.717, 1.165) is 23.5 Å². The number of benzene rings is 2. The topological polar surface area (TPSA) is 37.4 Å². The molecule has 0 saturated carbocycles. The van der Waals surface area contributed by atoms with Gasteiger partial charge in [-0.2, -0.15) is 0 Å². The molecule has 1 heterocycles. The molecule has 0 spiro atoms. The van der Waals surface area contributed by atoms with Gasteiger partial charge in [0.2, 0.25) is 0 Å². The van der Waals surface area contributed by atoms with Crippen LogP contribution < -0.4 is 10.1 Å². The summed E-state index contributed by atoms with van der Waals surface area (Å²) in [6, 6.07) is 20.4. The summed E-state index contributed by atoms with van der Waals surface area (Å²) in [4.78, 5) is 6.37. The summed E-state index contributed by atoms with van der Waals surface area (Å²) in [7, 11) is 0. The zero-order valence-corrected chi connectivity index (χ0v) is 17.1. The Balaban J connectivity index is 1.74. The molecule has 3 aromatic rings. The summed E-state index contributed by atoms with van der Waals surface area (Å²) in [6.45, 7) is 6.13. The number of ether oxygens (including phenoxy) is 1. The Kier molecular flexibility index (Phi) is 6.98. The van der Waals surface area contributed by atoms with Gasteiger partial charge in [-0.25, -0.2) is 0 Å². The Hall–Kier alpha value is -2.92. The second kappa shape index (κ2) is 9.85. The molecule has 1 N–H and O–H groups in total. The third kappa shape index (κ3) is 5.79. The lowest BCUT2D eigenvalue weighted by molar-refractivity contribution is 0.340. The molecule has 0 bridgehead atoms. The van der Waals surface area contributed by atoms with Crippen LogP contribution in [-0.4, -0.2) is 21.6 Å². The second-order valence-electron chi connectivity index (χ2n) is 6.59. The van der Waals surface area contributed by atoms with Crippen LogP contribution in [0, 0.1) is 6.92 Å². The lowest BCUT2D eigenvalue weighted by Gasteiger charge is -2.26. The van der Waals surface area contributed by atoms with Crippen molar-refractivity contribution in [3.05, 3.63) is 89.7 Å². The Morgan fingerprint density at radius 1 is 1.00 bits per heavy atom. The average Bonchev–Trinajstić information content (AvgIpc) is 2.71. The molecule has 5 heteroatoms. The predicted octanol–water partition coefficient (Wildman–Crippen LogP) is 5.19. The highest BCUT2D eigenvalue weighted by Crippen LogP contribution is 2.18. The lowest BCUT2D eigenvalue weighted by Crippen LogP contribution is -2.33. The lowest BCUT2D eigenvalue weighted by atomic mass is 10.1. The van der Waals surface area contributed by atoms with E-state index in [0.29, 0.717) is 18.3 Å². The molecule has 0 radical (unpaired) electrons. The minimum Gasteiger partial charge on any atom is -0.494 e. The molecular formula is C23H25N3OS. The van der Waals surface area contributed by atoms with Crippen LogP contribution in [0.3, 0.4) is 0 Å². The number of anilines is 1. The highest BCUT2D eigenvalue weighted by atomic mass is 32.1. The summed E-state index contributed by atoms with van der Waals surface area (Å²) < 4.78 is 5.50. The molecule has 3 rings (SSSR count). The fraction of sp³-hybridized carbons (Fsp3) is 0.217. The monoisotopic (exact) mass is 391 g/mol.